The van der Waals surface area contributed by atoms with Gasteiger partial charge >= 0.3 is 0 Å². The molecule has 0 spiro atoms. The first kappa shape index (κ1) is 18.4. The summed E-state index contributed by atoms with van der Waals surface area (Å²) >= 11 is 0. The average Bonchev–Trinajstić information content (AvgIpc) is 3.47. The third-order valence-electron chi connectivity index (χ3n) is 4.16. The summed E-state index contributed by atoms with van der Waals surface area (Å²) in [5, 5.41) is 4.31. The Morgan fingerprint density at radius 2 is 1.96 bits per heavy atom. The minimum Gasteiger partial charge on any atom is -0.497 e. The Morgan fingerprint density at radius 1 is 1.19 bits per heavy atom. The molecule has 8 nitrogen and oxygen atoms in total. The van der Waals surface area contributed by atoms with Gasteiger partial charge in [-0.25, -0.2) is 17.8 Å². The zero-order valence-electron chi connectivity index (χ0n) is 14.6. The molecule has 1 aromatic heterocycles. The van der Waals surface area contributed by atoms with E-state index in [9.17, 15) is 13.2 Å². The fraction of sp³-hybridized carbons (Fsp3) is 0.412. The summed E-state index contributed by atoms with van der Waals surface area (Å²) in [6, 6.07) is 7.67. The highest BCUT2D eigenvalue weighted by Crippen LogP contribution is 2.38. The third-order valence-corrected chi connectivity index (χ3v) is 5.66. The average molecular weight is 379 g/mol. The Hall–Kier alpha value is -2.39. The molecule has 1 saturated carbocycles. The summed E-state index contributed by atoms with van der Waals surface area (Å²) in [4.78, 5) is 11.9. The van der Waals surface area contributed by atoms with E-state index in [1.807, 2.05) is 0 Å². The molecular formula is C17H21N3O5S. The second-order valence-electron chi connectivity index (χ2n) is 6.01. The maximum Gasteiger partial charge on any atom is 0.266 e. The highest BCUT2D eigenvalue weighted by molar-refractivity contribution is 7.89. The van der Waals surface area contributed by atoms with Crippen LogP contribution >= 0.6 is 0 Å². The van der Waals surface area contributed by atoms with Crippen LogP contribution in [0.4, 0.5) is 0 Å². The van der Waals surface area contributed by atoms with Crippen molar-refractivity contribution in [2.45, 2.75) is 30.2 Å². The molecule has 1 fully saturated rings. The molecule has 0 bridgehead atoms. The molecule has 0 unspecified atom stereocenters. The minimum absolute atomic E-state index is 0.00726. The number of ether oxygens (including phenoxy) is 2. The number of methoxy groups -OCH3 is 2. The van der Waals surface area contributed by atoms with E-state index in [2.05, 4.69) is 9.82 Å². The lowest BCUT2D eigenvalue weighted by atomic mass is 10.3. The molecule has 0 saturated heterocycles. The van der Waals surface area contributed by atoms with Gasteiger partial charge in [0.05, 0.1) is 26.5 Å². The molecule has 2 aromatic rings. The van der Waals surface area contributed by atoms with Crippen molar-refractivity contribution in [3.63, 3.8) is 0 Å². The summed E-state index contributed by atoms with van der Waals surface area (Å²) < 4.78 is 39.0. The van der Waals surface area contributed by atoms with Gasteiger partial charge in [-0.1, -0.05) is 0 Å². The van der Waals surface area contributed by atoms with Gasteiger partial charge in [0.2, 0.25) is 10.0 Å². The van der Waals surface area contributed by atoms with Crippen molar-refractivity contribution in [3.05, 3.63) is 46.4 Å². The van der Waals surface area contributed by atoms with Gasteiger partial charge in [0.25, 0.3) is 5.56 Å². The van der Waals surface area contributed by atoms with E-state index in [0.717, 1.165) is 18.5 Å². The van der Waals surface area contributed by atoms with E-state index in [-0.39, 0.29) is 29.3 Å². The van der Waals surface area contributed by atoms with Crippen LogP contribution in [0.1, 0.15) is 24.5 Å². The maximum atomic E-state index is 12.5. The first-order valence-electron chi connectivity index (χ1n) is 8.24. The predicted octanol–water partition coefficient (Wildman–Crippen LogP) is 1.12. The molecule has 1 aliphatic rings. The Kier molecular flexibility index (Phi) is 5.28. The highest BCUT2D eigenvalue weighted by atomic mass is 32.2. The Bertz CT molecular complexity index is 951. The van der Waals surface area contributed by atoms with Crippen molar-refractivity contribution < 1.29 is 17.9 Å². The van der Waals surface area contributed by atoms with Crippen molar-refractivity contribution in [1.82, 2.24) is 14.5 Å². The lowest BCUT2D eigenvalue weighted by molar-refractivity contribution is 0.386. The largest absolute Gasteiger partial charge is 0.497 e. The second kappa shape index (κ2) is 7.46. The normalized spacial score (nSPS) is 14.2. The molecule has 3 rings (SSSR count). The summed E-state index contributed by atoms with van der Waals surface area (Å²) in [5.74, 6) is 1.10. The van der Waals surface area contributed by atoms with Crippen LogP contribution in [0.2, 0.25) is 0 Å². The molecule has 1 aliphatic carbocycles. The van der Waals surface area contributed by atoms with E-state index in [4.69, 9.17) is 9.47 Å². The summed E-state index contributed by atoms with van der Waals surface area (Å²) in [6.45, 7) is 0.190. The van der Waals surface area contributed by atoms with Crippen molar-refractivity contribution in [1.29, 1.82) is 0 Å². The lowest BCUT2D eigenvalue weighted by Crippen LogP contribution is -2.32. The molecule has 26 heavy (non-hydrogen) atoms. The Balaban J connectivity index is 1.71. The van der Waals surface area contributed by atoms with Crippen molar-refractivity contribution in [2.75, 3.05) is 20.8 Å². The van der Waals surface area contributed by atoms with E-state index in [1.165, 1.54) is 37.1 Å². The van der Waals surface area contributed by atoms with Crippen LogP contribution in [0.25, 0.3) is 0 Å². The number of nitrogens with zero attached hydrogens (tertiary/aromatic N) is 2. The van der Waals surface area contributed by atoms with Crippen LogP contribution in [0.3, 0.4) is 0 Å². The number of sulfonamides is 1. The van der Waals surface area contributed by atoms with Crippen molar-refractivity contribution >= 4 is 10.0 Å². The Morgan fingerprint density at radius 3 is 2.62 bits per heavy atom. The molecule has 140 valence electrons. The standard InChI is InChI=1S/C17H21N3O5S/c1-24-13-5-7-16(15(11-13)25-2)26(22,23)18-9-10-20-17(21)8-6-14(19-20)12-3-4-12/h5-8,11-12,18H,3-4,9-10H2,1-2H3. The molecule has 0 amide bonds. The third kappa shape index (κ3) is 4.05. The zero-order chi connectivity index (χ0) is 18.7. The van der Waals surface area contributed by atoms with Gasteiger partial charge in [0.15, 0.2) is 0 Å². The lowest BCUT2D eigenvalue weighted by Gasteiger charge is -2.12. The monoisotopic (exact) mass is 379 g/mol. The summed E-state index contributed by atoms with van der Waals surface area (Å²) in [5.41, 5.74) is 0.625. The maximum absolute atomic E-state index is 12.5. The predicted molar refractivity (Wildman–Crippen MR) is 95.2 cm³/mol. The van der Waals surface area contributed by atoms with Gasteiger partial charge < -0.3 is 9.47 Å². The van der Waals surface area contributed by atoms with E-state index >= 15 is 0 Å². The highest BCUT2D eigenvalue weighted by Gasteiger charge is 2.25. The molecule has 1 heterocycles. The SMILES string of the molecule is COc1ccc(S(=O)(=O)NCCn2nc(C3CC3)ccc2=O)c(OC)c1. The second-order valence-corrected chi connectivity index (χ2v) is 7.74. The van der Waals surface area contributed by atoms with Gasteiger partial charge in [-0.15, -0.1) is 0 Å². The molecule has 1 aromatic carbocycles. The quantitative estimate of drug-likeness (QED) is 0.738. The number of nitrogens with one attached hydrogen (secondary N) is 1. The van der Waals surface area contributed by atoms with Gasteiger partial charge in [0.1, 0.15) is 16.4 Å². The fourth-order valence-electron chi connectivity index (χ4n) is 2.58. The fourth-order valence-corrected chi connectivity index (χ4v) is 3.75. The first-order valence-corrected chi connectivity index (χ1v) is 9.72. The number of rotatable bonds is 8. The van der Waals surface area contributed by atoms with Crippen molar-refractivity contribution in [2.24, 2.45) is 0 Å². The van der Waals surface area contributed by atoms with E-state index in [1.54, 1.807) is 12.1 Å². The van der Waals surface area contributed by atoms with Gasteiger partial charge in [-0.05, 0) is 31.0 Å². The van der Waals surface area contributed by atoms with Crippen LogP contribution in [0.5, 0.6) is 11.5 Å². The van der Waals surface area contributed by atoms with Crippen LogP contribution < -0.4 is 19.8 Å². The molecular weight excluding hydrogens is 358 g/mol. The summed E-state index contributed by atoms with van der Waals surface area (Å²) in [7, 11) is -0.922. The molecule has 0 aliphatic heterocycles. The minimum atomic E-state index is -3.80. The van der Waals surface area contributed by atoms with E-state index in [0.29, 0.717) is 11.7 Å². The number of aromatic nitrogens is 2. The first-order chi connectivity index (χ1) is 12.4. The summed E-state index contributed by atoms with van der Waals surface area (Å²) in [6.07, 6.45) is 2.16. The molecule has 9 heteroatoms. The smallest absolute Gasteiger partial charge is 0.266 e. The number of benzene rings is 1. The van der Waals surface area contributed by atoms with Crippen LogP contribution in [-0.4, -0.2) is 39.0 Å². The molecule has 0 radical (unpaired) electrons. The number of hydrogen-bond acceptors (Lipinski definition) is 6. The van der Waals surface area contributed by atoms with E-state index < -0.39 is 10.0 Å². The Labute approximate surface area is 151 Å². The topological polar surface area (TPSA) is 99.5 Å². The van der Waals surface area contributed by atoms with Gasteiger partial charge in [-0.3, -0.25) is 4.79 Å². The zero-order valence-corrected chi connectivity index (χ0v) is 15.5. The van der Waals surface area contributed by atoms with Crippen molar-refractivity contribution in [3.8, 4) is 11.5 Å². The molecule has 1 N–H and O–H groups in total. The molecule has 0 atom stereocenters. The van der Waals surface area contributed by atoms with Crippen LogP contribution in [0.15, 0.2) is 40.0 Å². The van der Waals surface area contributed by atoms with Crippen LogP contribution in [-0.2, 0) is 16.6 Å². The van der Waals surface area contributed by atoms with Gasteiger partial charge in [-0.2, -0.15) is 5.10 Å². The van der Waals surface area contributed by atoms with Crippen LogP contribution in [0, 0.1) is 0 Å². The van der Waals surface area contributed by atoms with Gasteiger partial charge in [0, 0.05) is 24.6 Å². The number of hydrogen-bond donors (Lipinski definition) is 1.